The summed E-state index contributed by atoms with van der Waals surface area (Å²) < 4.78 is 5.94. The molecule has 1 amide bonds. The van der Waals surface area contributed by atoms with Crippen LogP contribution in [0.3, 0.4) is 0 Å². The van der Waals surface area contributed by atoms with Crippen LogP contribution in [0.25, 0.3) is 0 Å². The predicted molar refractivity (Wildman–Crippen MR) is 91.8 cm³/mol. The first-order chi connectivity index (χ1) is 11.1. The van der Waals surface area contributed by atoms with Gasteiger partial charge in [-0.3, -0.25) is 4.79 Å². The zero-order chi connectivity index (χ0) is 16.2. The number of aryl methyl sites for hydroxylation is 2. The van der Waals surface area contributed by atoms with Gasteiger partial charge < -0.3 is 9.64 Å². The fourth-order valence-electron chi connectivity index (χ4n) is 3.30. The number of amides is 1. The van der Waals surface area contributed by atoms with Crippen LogP contribution in [0.1, 0.15) is 43.6 Å². The average Bonchev–Trinajstić information content (AvgIpc) is 3.15. The zero-order valence-corrected chi connectivity index (χ0v) is 14.8. The molecular weight excluding hydrogens is 310 g/mol. The van der Waals surface area contributed by atoms with Crippen LogP contribution in [0.15, 0.2) is 6.07 Å². The summed E-state index contributed by atoms with van der Waals surface area (Å²) in [6.45, 7) is 5.26. The highest BCUT2D eigenvalue weighted by molar-refractivity contribution is 8.00. The molecule has 0 aromatic carbocycles. The SMILES string of the molecule is Cc1cc(OC2CCN(C(=O)CSC3CCCC3)C2)nc(C)n1. The largest absolute Gasteiger partial charge is 0.472 e. The fraction of sp³-hybridized carbons (Fsp3) is 0.706. The maximum absolute atomic E-state index is 12.3. The highest BCUT2D eigenvalue weighted by Crippen LogP contribution is 2.29. The lowest BCUT2D eigenvalue weighted by atomic mass is 10.3. The van der Waals surface area contributed by atoms with Crippen molar-refractivity contribution in [3.05, 3.63) is 17.6 Å². The second-order valence-corrected chi connectivity index (χ2v) is 7.77. The lowest BCUT2D eigenvalue weighted by molar-refractivity contribution is -0.127. The summed E-state index contributed by atoms with van der Waals surface area (Å²) in [6, 6.07) is 1.85. The number of nitrogens with zero attached hydrogens (tertiary/aromatic N) is 3. The van der Waals surface area contributed by atoms with E-state index in [-0.39, 0.29) is 12.0 Å². The Hall–Kier alpha value is -1.30. The molecule has 0 N–H and O–H groups in total. The molecule has 1 aromatic rings. The van der Waals surface area contributed by atoms with E-state index < -0.39 is 0 Å². The number of thioether (sulfide) groups is 1. The van der Waals surface area contributed by atoms with Crippen LogP contribution in [0.4, 0.5) is 0 Å². The lowest BCUT2D eigenvalue weighted by Crippen LogP contribution is -2.32. The molecule has 6 heteroatoms. The molecule has 1 unspecified atom stereocenters. The van der Waals surface area contributed by atoms with E-state index in [9.17, 15) is 4.79 Å². The van der Waals surface area contributed by atoms with Crippen molar-refractivity contribution < 1.29 is 9.53 Å². The van der Waals surface area contributed by atoms with E-state index in [2.05, 4.69) is 9.97 Å². The molecular formula is C17H25N3O2S. The first kappa shape index (κ1) is 16.6. The van der Waals surface area contributed by atoms with Gasteiger partial charge in [0.25, 0.3) is 0 Å². The predicted octanol–water partition coefficient (Wildman–Crippen LogP) is 2.75. The van der Waals surface area contributed by atoms with Crippen LogP contribution in [0.5, 0.6) is 5.88 Å². The van der Waals surface area contributed by atoms with E-state index in [0.717, 1.165) is 24.5 Å². The van der Waals surface area contributed by atoms with Crippen LogP contribution in [-0.4, -0.2) is 51.0 Å². The number of aromatic nitrogens is 2. The Labute approximate surface area is 142 Å². The molecule has 1 atom stereocenters. The summed E-state index contributed by atoms with van der Waals surface area (Å²) in [5, 5.41) is 0.695. The Morgan fingerprint density at radius 3 is 2.83 bits per heavy atom. The van der Waals surface area contributed by atoms with E-state index >= 15 is 0 Å². The van der Waals surface area contributed by atoms with Crippen LogP contribution in [0.2, 0.25) is 0 Å². The number of hydrogen-bond acceptors (Lipinski definition) is 5. The van der Waals surface area contributed by atoms with E-state index in [4.69, 9.17) is 4.74 Å². The molecule has 1 aliphatic carbocycles. The summed E-state index contributed by atoms with van der Waals surface area (Å²) in [5.74, 6) is 2.21. The number of carbonyl (C=O) groups excluding carboxylic acids is 1. The molecule has 1 aromatic heterocycles. The van der Waals surface area contributed by atoms with Crippen molar-refractivity contribution in [1.29, 1.82) is 0 Å². The van der Waals surface area contributed by atoms with Crippen LogP contribution >= 0.6 is 11.8 Å². The van der Waals surface area contributed by atoms with Crippen molar-refractivity contribution in [2.24, 2.45) is 0 Å². The van der Waals surface area contributed by atoms with Gasteiger partial charge in [-0.15, -0.1) is 11.8 Å². The van der Waals surface area contributed by atoms with E-state index in [1.807, 2.05) is 36.6 Å². The third kappa shape index (κ3) is 4.59. The zero-order valence-electron chi connectivity index (χ0n) is 14.0. The summed E-state index contributed by atoms with van der Waals surface area (Å²) in [4.78, 5) is 22.8. The topological polar surface area (TPSA) is 55.3 Å². The smallest absolute Gasteiger partial charge is 0.232 e. The molecule has 2 heterocycles. The molecule has 2 fully saturated rings. The third-order valence-corrected chi connectivity index (χ3v) is 5.83. The Morgan fingerprint density at radius 1 is 1.30 bits per heavy atom. The monoisotopic (exact) mass is 335 g/mol. The average molecular weight is 335 g/mol. The Kier molecular flexibility index (Phi) is 5.41. The minimum absolute atomic E-state index is 0.0455. The van der Waals surface area contributed by atoms with Crippen molar-refractivity contribution in [2.75, 3.05) is 18.8 Å². The van der Waals surface area contributed by atoms with Gasteiger partial charge in [-0.1, -0.05) is 12.8 Å². The molecule has 3 rings (SSSR count). The number of ether oxygens (including phenoxy) is 1. The second kappa shape index (κ2) is 7.51. The number of likely N-dealkylation sites (tertiary alicyclic amines) is 1. The molecule has 0 bridgehead atoms. The quantitative estimate of drug-likeness (QED) is 0.828. The van der Waals surface area contributed by atoms with Gasteiger partial charge in [0.2, 0.25) is 11.8 Å². The maximum Gasteiger partial charge on any atom is 0.232 e. The van der Waals surface area contributed by atoms with E-state index in [1.165, 1.54) is 25.7 Å². The molecule has 23 heavy (non-hydrogen) atoms. The number of carbonyl (C=O) groups is 1. The molecule has 2 aliphatic rings. The lowest BCUT2D eigenvalue weighted by Gasteiger charge is -2.18. The van der Waals surface area contributed by atoms with Gasteiger partial charge >= 0.3 is 0 Å². The van der Waals surface area contributed by atoms with Crippen molar-refractivity contribution in [3.8, 4) is 5.88 Å². The first-order valence-electron chi connectivity index (χ1n) is 8.48. The Morgan fingerprint density at radius 2 is 2.09 bits per heavy atom. The first-order valence-corrected chi connectivity index (χ1v) is 9.53. The Bertz CT molecular complexity index is 541. The second-order valence-electron chi connectivity index (χ2n) is 6.48. The van der Waals surface area contributed by atoms with Gasteiger partial charge in [-0.05, 0) is 26.7 Å². The van der Waals surface area contributed by atoms with Crippen molar-refractivity contribution in [1.82, 2.24) is 14.9 Å². The normalized spacial score (nSPS) is 21.8. The molecule has 1 saturated carbocycles. The van der Waals surface area contributed by atoms with E-state index in [0.29, 0.717) is 23.4 Å². The van der Waals surface area contributed by atoms with Gasteiger partial charge in [-0.2, -0.15) is 4.98 Å². The minimum atomic E-state index is 0.0455. The van der Waals surface area contributed by atoms with Gasteiger partial charge in [0.05, 0.1) is 12.3 Å². The van der Waals surface area contributed by atoms with Crippen molar-refractivity contribution in [3.63, 3.8) is 0 Å². The number of rotatable bonds is 5. The fourth-order valence-corrected chi connectivity index (χ4v) is 4.53. The summed E-state index contributed by atoms with van der Waals surface area (Å²) in [7, 11) is 0. The minimum Gasteiger partial charge on any atom is -0.472 e. The van der Waals surface area contributed by atoms with Crippen molar-refractivity contribution >= 4 is 17.7 Å². The molecule has 0 radical (unpaired) electrons. The van der Waals surface area contributed by atoms with Crippen LogP contribution < -0.4 is 4.74 Å². The van der Waals surface area contributed by atoms with Gasteiger partial charge in [0.15, 0.2) is 0 Å². The van der Waals surface area contributed by atoms with Crippen molar-refractivity contribution in [2.45, 2.75) is 57.3 Å². The summed E-state index contributed by atoms with van der Waals surface area (Å²) in [5.41, 5.74) is 0.909. The van der Waals surface area contributed by atoms with Gasteiger partial charge in [-0.25, -0.2) is 4.98 Å². The standard InChI is InChI=1S/C17H25N3O2S/c1-12-9-16(19-13(2)18-12)22-14-7-8-20(10-14)17(21)11-23-15-5-3-4-6-15/h9,14-15H,3-8,10-11H2,1-2H3. The molecule has 0 spiro atoms. The third-order valence-electron chi connectivity index (χ3n) is 4.47. The summed E-state index contributed by atoms with van der Waals surface area (Å²) in [6.07, 6.45) is 6.12. The van der Waals surface area contributed by atoms with Crippen LogP contribution in [0, 0.1) is 13.8 Å². The maximum atomic E-state index is 12.3. The van der Waals surface area contributed by atoms with Gasteiger partial charge in [0.1, 0.15) is 11.9 Å². The Balaban J connectivity index is 1.46. The molecule has 126 valence electrons. The van der Waals surface area contributed by atoms with Gasteiger partial charge in [0, 0.05) is 30.0 Å². The highest BCUT2D eigenvalue weighted by Gasteiger charge is 2.28. The molecule has 5 nitrogen and oxygen atoms in total. The molecule has 1 aliphatic heterocycles. The van der Waals surface area contributed by atoms with Crippen LogP contribution in [-0.2, 0) is 4.79 Å². The number of hydrogen-bond donors (Lipinski definition) is 0. The van der Waals surface area contributed by atoms with E-state index in [1.54, 1.807) is 0 Å². The molecule has 1 saturated heterocycles. The highest BCUT2D eigenvalue weighted by atomic mass is 32.2. The summed E-state index contributed by atoms with van der Waals surface area (Å²) >= 11 is 1.84.